The van der Waals surface area contributed by atoms with Gasteiger partial charge in [-0.1, -0.05) is 181 Å². The monoisotopic (exact) mass is 850 g/mol. The van der Waals surface area contributed by atoms with E-state index >= 15 is 0 Å². The van der Waals surface area contributed by atoms with E-state index in [-0.39, 0.29) is 0 Å². The van der Waals surface area contributed by atoms with Gasteiger partial charge < -0.3 is 9.13 Å². The fraction of sp³-hybridized carbons (Fsp3) is 0.0508. The Bertz CT molecular complexity index is 3190. The third-order valence-electron chi connectivity index (χ3n) is 11.5. The minimum absolute atomic E-state index is 0.977. The molecule has 2 heterocycles. The van der Waals surface area contributed by atoms with E-state index in [1.165, 1.54) is 66.1 Å². The molecule has 0 aliphatic heterocycles. The summed E-state index contributed by atoms with van der Waals surface area (Å²) < 4.78 is 4.66. The molecule has 10 rings (SSSR count). The summed E-state index contributed by atoms with van der Waals surface area (Å²) >= 11 is 3.44. The molecule has 0 fully saturated rings. The first-order valence-corrected chi connectivity index (χ1v) is 23.5. The van der Waals surface area contributed by atoms with Crippen molar-refractivity contribution in [2.24, 2.45) is 0 Å². The van der Waals surface area contributed by atoms with Crippen LogP contribution < -0.4 is 0 Å². The van der Waals surface area contributed by atoms with Gasteiger partial charge >= 0.3 is 0 Å². The van der Waals surface area contributed by atoms with E-state index in [0.29, 0.717) is 0 Å². The van der Waals surface area contributed by atoms with E-state index in [1.54, 1.807) is 0 Å². The Hall–Kier alpha value is -6.90. The number of allylic oxidation sites excluding steroid dienone is 5. The summed E-state index contributed by atoms with van der Waals surface area (Å²) in [5, 5.41) is 3.69. The highest BCUT2D eigenvalue weighted by atomic mass is 32.7. The standard InChI is InChI=1S/C57H42N2.C2H6.H3PS/c1-40(42-14-6-3-7-15-42)36-50(37-41(2)43-16-8-4-9-17-43)46-24-30-52(31-25-46)59-56-21-13-12-20-53(56)54-39-48(27-33-57(54)59)47-26-32-55-49(38-47)34-35-58(55)51-28-22-45(23-29-51)44-18-10-5-11-19-44;2*1-2/h3-39H,1H2,2H3;1-2H3;2H,1H2/b41-37+,50-36+;;. The number of benzene rings is 8. The molecule has 0 saturated carbocycles. The van der Waals surface area contributed by atoms with Crippen LogP contribution in [0.2, 0.25) is 0 Å². The molecule has 0 bridgehead atoms. The van der Waals surface area contributed by atoms with E-state index in [2.05, 4.69) is 262 Å². The fourth-order valence-electron chi connectivity index (χ4n) is 8.38. The van der Waals surface area contributed by atoms with Crippen LogP contribution in [0.15, 0.2) is 231 Å². The van der Waals surface area contributed by atoms with Crippen LogP contribution in [0.25, 0.3) is 83.1 Å². The lowest BCUT2D eigenvalue weighted by Gasteiger charge is -2.12. The molecule has 4 heteroatoms. The van der Waals surface area contributed by atoms with E-state index < -0.39 is 0 Å². The fourth-order valence-corrected chi connectivity index (χ4v) is 8.38. The molecular weight excluding hydrogens is 800 g/mol. The average molecular weight is 851 g/mol. The number of fused-ring (bicyclic) bond motifs is 4. The molecule has 1 atom stereocenters. The Kier molecular flexibility index (Phi) is 13.5. The first kappa shape index (κ1) is 42.8. The topological polar surface area (TPSA) is 9.86 Å². The van der Waals surface area contributed by atoms with Gasteiger partial charge in [-0.15, -0.1) is 0 Å². The number of hydrogen-bond acceptors (Lipinski definition) is 1. The summed E-state index contributed by atoms with van der Waals surface area (Å²) in [6, 6.07) is 73.9. The maximum Gasteiger partial charge on any atom is 0.0541 e. The Balaban J connectivity index is 0.00000132. The molecule has 0 aliphatic rings. The van der Waals surface area contributed by atoms with Crippen molar-refractivity contribution in [1.29, 1.82) is 0 Å². The van der Waals surface area contributed by atoms with E-state index in [9.17, 15) is 0 Å². The zero-order chi connectivity index (χ0) is 43.7. The molecule has 1 unspecified atom stereocenters. The van der Waals surface area contributed by atoms with Crippen LogP contribution in [0.1, 0.15) is 37.5 Å². The van der Waals surface area contributed by atoms with Crippen molar-refractivity contribution in [2.75, 3.05) is 0 Å². The molecule has 0 radical (unpaired) electrons. The second kappa shape index (κ2) is 19.9. The number of hydrogen-bond donors (Lipinski definition) is 1. The molecule has 0 saturated heterocycles. The smallest absolute Gasteiger partial charge is 0.0541 e. The number of thiol groups is 1. The summed E-state index contributed by atoms with van der Waals surface area (Å²) in [4.78, 5) is 0. The Morgan fingerprint density at radius 2 is 0.984 bits per heavy atom. The van der Waals surface area contributed by atoms with Crippen molar-refractivity contribution >= 4 is 70.1 Å². The van der Waals surface area contributed by atoms with Gasteiger partial charge in [-0.2, -0.15) is 12.2 Å². The maximum atomic E-state index is 4.45. The molecular formula is C59H51N2PS. The second-order valence-corrected chi connectivity index (χ2v) is 15.2. The first-order chi connectivity index (χ1) is 31.1. The number of rotatable bonds is 9. The normalized spacial score (nSPS) is 11.5. The third kappa shape index (κ3) is 9.04. The van der Waals surface area contributed by atoms with Crippen LogP contribution in [0.3, 0.4) is 0 Å². The van der Waals surface area contributed by atoms with Crippen LogP contribution in [0, 0.1) is 0 Å². The predicted octanol–water partition coefficient (Wildman–Crippen LogP) is 17.0. The Morgan fingerprint density at radius 1 is 0.460 bits per heavy atom. The van der Waals surface area contributed by atoms with Crippen molar-refractivity contribution in [3.8, 4) is 33.6 Å². The van der Waals surface area contributed by atoms with Crippen molar-refractivity contribution in [3.63, 3.8) is 0 Å². The summed E-state index contributed by atoms with van der Waals surface area (Å²) in [6.45, 7) is 10.6. The van der Waals surface area contributed by atoms with Gasteiger partial charge in [-0.3, -0.25) is 0 Å². The quantitative estimate of drug-likeness (QED) is 0.0842. The van der Waals surface area contributed by atoms with Crippen LogP contribution >= 0.6 is 20.7 Å². The SMILES string of the molecule is C=C(/C=C(\C=C(/C)c1ccccc1)c1ccc(-n2c3ccccc3c3cc(-c4ccc5c(ccn5-c5ccc(-c6ccccc6)cc5)c4)ccc32)cc1)c1ccccc1.CC.PS. The Labute approximate surface area is 379 Å². The van der Waals surface area contributed by atoms with E-state index in [1.807, 2.05) is 19.9 Å². The average Bonchev–Trinajstić information content (AvgIpc) is 3.95. The summed E-state index contributed by atoms with van der Waals surface area (Å²) in [5.41, 5.74) is 17.4. The number of aromatic nitrogens is 2. The van der Waals surface area contributed by atoms with Gasteiger partial charge in [0.05, 0.1) is 16.6 Å². The van der Waals surface area contributed by atoms with Gasteiger partial charge in [0, 0.05) is 33.7 Å². The minimum atomic E-state index is 0.977. The van der Waals surface area contributed by atoms with Gasteiger partial charge in [-0.05, 0) is 129 Å². The van der Waals surface area contributed by atoms with Gasteiger partial charge in [0.15, 0.2) is 0 Å². The van der Waals surface area contributed by atoms with Crippen LogP contribution in [0.4, 0.5) is 0 Å². The molecule has 308 valence electrons. The lowest BCUT2D eigenvalue weighted by atomic mass is 9.96. The predicted molar refractivity (Wildman–Crippen MR) is 282 cm³/mol. The zero-order valence-corrected chi connectivity index (χ0v) is 38.0. The molecule has 8 aromatic carbocycles. The number of nitrogens with zero attached hydrogens (tertiary/aromatic N) is 2. The lowest BCUT2D eigenvalue weighted by molar-refractivity contribution is 1.13. The molecule has 0 amide bonds. The Morgan fingerprint density at radius 3 is 1.67 bits per heavy atom. The summed E-state index contributed by atoms with van der Waals surface area (Å²) in [5.74, 6) is 0. The highest BCUT2D eigenvalue weighted by Crippen LogP contribution is 2.37. The van der Waals surface area contributed by atoms with Gasteiger partial charge in [0.25, 0.3) is 0 Å². The molecule has 0 spiro atoms. The van der Waals surface area contributed by atoms with Crippen molar-refractivity contribution in [1.82, 2.24) is 9.13 Å². The van der Waals surface area contributed by atoms with E-state index in [4.69, 9.17) is 0 Å². The van der Waals surface area contributed by atoms with Gasteiger partial charge in [0.1, 0.15) is 0 Å². The largest absolute Gasteiger partial charge is 0.317 e. The maximum absolute atomic E-state index is 4.45. The highest BCUT2D eigenvalue weighted by Gasteiger charge is 2.15. The first-order valence-electron chi connectivity index (χ1n) is 21.4. The lowest BCUT2D eigenvalue weighted by Crippen LogP contribution is -1.95. The molecule has 0 N–H and O–H groups in total. The minimum Gasteiger partial charge on any atom is -0.317 e. The molecule has 0 aliphatic carbocycles. The zero-order valence-electron chi connectivity index (χ0n) is 36.0. The second-order valence-electron chi connectivity index (χ2n) is 15.2. The van der Waals surface area contributed by atoms with E-state index in [0.717, 1.165) is 33.6 Å². The van der Waals surface area contributed by atoms with Crippen LogP contribution in [-0.2, 0) is 0 Å². The van der Waals surface area contributed by atoms with Crippen molar-refractivity contribution in [3.05, 3.63) is 248 Å². The van der Waals surface area contributed by atoms with Crippen LogP contribution in [0.5, 0.6) is 0 Å². The van der Waals surface area contributed by atoms with Gasteiger partial charge in [-0.25, -0.2) is 0 Å². The molecule has 2 aromatic heterocycles. The molecule has 10 aromatic rings. The van der Waals surface area contributed by atoms with Crippen LogP contribution in [-0.4, -0.2) is 9.13 Å². The van der Waals surface area contributed by atoms with Crippen molar-refractivity contribution < 1.29 is 0 Å². The molecule has 63 heavy (non-hydrogen) atoms. The number of para-hydroxylation sites is 1. The third-order valence-corrected chi connectivity index (χ3v) is 11.5. The summed E-state index contributed by atoms with van der Waals surface area (Å²) in [7, 11) is 2.11. The highest BCUT2D eigenvalue weighted by molar-refractivity contribution is 8.31. The summed E-state index contributed by atoms with van der Waals surface area (Å²) in [6.07, 6.45) is 6.65. The van der Waals surface area contributed by atoms with Gasteiger partial charge in [0.2, 0.25) is 0 Å². The van der Waals surface area contributed by atoms with Crippen molar-refractivity contribution in [2.45, 2.75) is 20.8 Å². The molecule has 2 nitrogen and oxygen atoms in total.